The molecule has 0 unspecified atom stereocenters. The van der Waals surface area contributed by atoms with Crippen molar-refractivity contribution in [3.05, 3.63) is 90.5 Å². The quantitative estimate of drug-likeness (QED) is 0.371. The summed E-state index contributed by atoms with van der Waals surface area (Å²) in [5, 5.41) is 16.9. The summed E-state index contributed by atoms with van der Waals surface area (Å²) in [4.78, 5) is 22.3. The van der Waals surface area contributed by atoms with Gasteiger partial charge in [-0.05, 0) is 29.8 Å². The van der Waals surface area contributed by atoms with E-state index in [1.165, 1.54) is 0 Å². The summed E-state index contributed by atoms with van der Waals surface area (Å²) in [5.74, 6) is -0.296. The molecule has 8 nitrogen and oxygen atoms in total. The Morgan fingerprint density at radius 1 is 1.00 bits per heavy atom. The number of fused-ring (bicyclic) bond motifs is 1. The van der Waals surface area contributed by atoms with Gasteiger partial charge >= 0.3 is 0 Å². The molecule has 3 N–H and O–H groups in total. The zero-order chi connectivity index (χ0) is 22.6. The molecule has 0 aliphatic carbocycles. The predicted molar refractivity (Wildman–Crippen MR) is 128 cm³/mol. The maximum Gasteiger partial charge on any atom is 0.270 e. The lowest BCUT2D eigenvalue weighted by atomic mass is 9.97. The number of benzene rings is 2. The van der Waals surface area contributed by atoms with Crippen LogP contribution in [-0.4, -0.2) is 38.3 Å². The zero-order valence-electron chi connectivity index (χ0n) is 17.9. The van der Waals surface area contributed by atoms with E-state index in [9.17, 15) is 4.79 Å². The van der Waals surface area contributed by atoms with Crippen LogP contribution in [0.25, 0.3) is 33.3 Å². The van der Waals surface area contributed by atoms with Crippen LogP contribution < -0.4 is 10.6 Å². The Bertz CT molecular complexity index is 1400. The van der Waals surface area contributed by atoms with Crippen LogP contribution in [0.3, 0.4) is 0 Å². The monoisotopic (exact) mass is 435 g/mol. The number of H-pyrrole nitrogens is 1. The van der Waals surface area contributed by atoms with Crippen LogP contribution in [0.4, 0.5) is 5.69 Å². The van der Waals surface area contributed by atoms with Gasteiger partial charge in [0.25, 0.3) is 5.91 Å². The highest BCUT2D eigenvalue weighted by Crippen LogP contribution is 2.34. The molecular formula is C25H21N7O. The number of nitrogens with zero attached hydrogens (tertiary/aromatic N) is 4. The Hall–Kier alpha value is -4.59. The first-order chi connectivity index (χ1) is 16.2. The fourth-order valence-electron chi connectivity index (χ4n) is 3.69. The second-order valence-electron chi connectivity index (χ2n) is 7.45. The van der Waals surface area contributed by atoms with Crippen LogP contribution in [-0.2, 0) is 6.54 Å². The summed E-state index contributed by atoms with van der Waals surface area (Å²) in [6, 6.07) is 22.0. The molecule has 1 amide bonds. The van der Waals surface area contributed by atoms with Crippen molar-refractivity contribution < 1.29 is 4.79 Å². The second-order valence-corrected chi connectivity index (χ2v) is 7.45. The minimum atomic E-state index is -0.296. The molecule has 0 atom stereocenters. The molecule has 0 fully saturated rings. The standard InChI is InChI=1S/C25H21N7O/c1-26-18-9-7-17(8-10-18)23-20(16-5-3-2-4-6-16)13-21-22(30-23)11-12-27-24(21)25(33)28-14-19-15-29-32-31-19/h2-13,15,26H,14H2,1H3,(H,28,33)(H,29,31,32). The predicted octanol–water partition coefficient (Wildman–Crippen LogP) is 4.05. The maximum atomic E-state index is 13.0. The molecule has 162 valence electrons. The van der Waals surface area contributed by atoms with Crippen molar-refractivity contribution in [2.75, 3.05) is 12.4 Å². The Labute approximate surface area is 190 Å². The number of pyridine rings is 2. The number of rotatable bonds is 6. The zero-order valence-corrected chi connectivity index (χ0v) is 17.9. The lowest BCUT2D eigenvalue weighted by Gasteiger charge is -2.14. The average molecular weight is 435 g/mol. The molecule has 3 heterocycles. The van der Waals surface area contributed by atoms with E-state index in [0.29, 0.717) is 22.3 Å². The third-order valence-corrected chi connectivity index (χ3v) is 5.39. The molecule has 0 saturated carbocycles. The summed E-state index contributed by atoms with van der Waals surface area (Å²) in [5.41, 5.74) is 6.45. The molecular weight excluding hydrogens is 414 g/mol. The third kappa shape index (κ3) is 4.14. The summed E-state index contributed by atoms with van der Waals surface area (Å²) in [6.45, 7) is 0.252. The topological polar surface area (TPSA) is 108 Å². The number of carbonyl (C=O) groups is 1. The van der Waals surface area contributed by atoms with Crippen molar-refractivity contribution in [2.24, 2.45) is 0 Å². The highest BCUT2D eigenvalue weighted by atomic mass is 16.1. The molecule has 5 rings (SSSR count). The van der Waals surface area contributed by atoms with Gasteiger partial charge in [0.15, 0.2) is 0 Å². The van der Waals surface area contributed by atoms with Crippen molar-refractivity contribution in [1.29, 1.82) is 0 Å². The number of anilines is 1. The molecule has 3 aromatic heterocycles. The number of hydrogen-bond donors (Lipinski definition) is 3. The first kappa shape index (κ1) is 20.3. The molecule has 0 bridgehead atoms. The van der Waals surface area contributed by atoms with Crippen molar-refractivity contribution >= 4 is 22.5 Å². The molecule has 0 spiro atoms. The van der Waals surface area contributed by atoms with Crippen LogP contribution in [0.2, 0.25) is 0 Å². The van der Waals surface area contributed by atoms with Gasteiger partial charge in [-0.1, -0.05) is 42.5 Å². The average Bonchev–Trinajstić information content (AvgIpc) is 3.40. The largest absolute Gasteiger partial charge is 0.388 e. The summed E-state index contributed by atoms with van der Waals surface area (Å²) in [7, 11) is 1.89. The fraction of sp³-hybridized carbons (Fsp3) is 0.0800. The summed E-state index contributed by atoms with van der Waals surface area (Å²) < 4.78 is 0. The van der Waals surface area contributed by atoms with Gasteiger partial charge in [0.2, 0.25) is 0 Å². The highest BCUT2D eigenvalue weighted by Gasteiger charge is 2.17. The first-order valence-corrected chi connectivity index (χ1v) is 10.5. The molecule has 33 heavy (non-hydrogen) atoms. The van der Waals surface area contributed by atoms with E-state index in [0.717, 1.165) is 28.1 Å². The molecule has 2 aromatic carbocycles. The van der Waals surface area contributed by atoms with Crippen LogP contribution in [0.15, 0.2) is 79.1 Å². The van der Waals surface area contributed by atoms with E-state index in [2.05, 4.69) is 31.0 Å². The maximum absolute atomic E-state index is 13.0. The van der Waals surface area contributed by atoms with Crippen molar-refractivity contribution in [1.82, 2.24) is 30.7 Å². The smallest absolute Gasteiger partial charge is 0.270 e. The van der Waals surface area contributed by atoms with E-state index in [-0.39, 0.29) is 12.5 Å². The highest BCUT2D eigenvalue weighted by molar-refractivity contribution is 6.06. The molecule has 5 aromatic rings. The Balaban J connectivity index is 1.62. The molecule has 8 heteroatoms. The van der Waals surface area contributed by atoms with E-state index in [1.54, 1.807) is 12.4 Å². The first-order valence-electron chi connectivity index (χ1n) is 10.5. The van der Waals surface area contributed by atoms with Gasteiger partial charge in [0.1, 0.15) is 11.4 Å². The van der Waals surface area contributed by atoms with Crippen LogP contribution in [0, 0.1) is 0 Å². The van der Waals surface area contributed by atoms with Gasteiger partial charge in [-0.3, -0.25) is 9.78 Å². The minimum Gasteiger partial charge on any atom is -0.388 e. The van der Waals surface area contributed by atoms with Crippen LogP contribution in [0.1, 0.15) is 16.2 Å². The SMILES string of the molecule is CNc1ccc(-c2nc3ccnc(C(=O)NCc4cn[nH]n4)c3cc2-c2ccccc2)cc1. The molecule has 0 aliphatic rings. The van der Waals surface area contributed by atoms with E-state index in [1.807, 2.05) is 73.8 Å². The Kier molecular flexibility index (Phi) is 5.47. The Morgan fingerprint density at radius 3 is 2.55 bits per heavy atom. The van der Waals surface area contributed by atoms with Crippen LogP contribution >= 0.6 is 0 Å². The van der Waals surface area contributed by atoms with Gasteiger partial charge < -0.3 is 10.6 Å². The fourth-order valence-corrected chi connectivity index (χ4v) is 3.69. The third-order valence-electron chi connectivity index (χ3n) is 5.39. The molecule has 0 saturated heterocycles. The van der Waals surface area contributed by atoms with Gasteiger partial charge in [-0.2, -0.15) is 15.4 Å². The number of amides is 1. The Morgan fingerprint density at radius 2 is 1.82 bits per heavy atom. The number of aromatic nitrogens is 5. The lowest BCUT2D eigenvalue weighted by molar-refractivity contribution is 0.0947. The van der Waals surface area contributed by atoms with E-state index < -0.39 is 0 Å². The van der Waals surface area contributed by atoms with Crippen molar-refractivity contribution in [2.45, 2.75) is 6.54 Å². The lowest BCUT2D eigenvalue weighted by Crippen LogP contribution is -2.24. The number of carbonyl (C=O) groups excluding carboxylic acids is 1. The number of hydrogen-bond acceptors (Lipinski definition) is 6. The number of nitrogens with one attached hydrogen (secondary N) is 3. The number of aromatic amines is 1. The van der Waals surface area contributed by atoms with E-state index in [4.69, 9.17) is 4.98 Å². The van der Waals surface area contributed by atoms with Gasteiger partial charge in [0, 0.05) is 35.4 Å². The summed E-state index contributed by atoms with van der Waals surface area (Å²) >= 11 is 0. The van der Waals surface area contributed by atoms with Gasteiger partial charge in [0.05, 0.1) is 24.0 Å². The summed E-state index contributed by atoms with van der Waals surface area (Å²) in [6.07, 6.45) is 3.17. The molecule has 0 radical (unpaired) electrons. The van der Waals surface area contributed by atoms with Crippen molar-refractivity contribution in [3.63, 3.8) is 0 Å². The normalized spacial score (nSPS) is 10.8. The van der Waals surface area contributed by atoms with Crippen LogP contribution in [0.5, 0.6) is 0 Å². The van der Waals surface area contributed by atoms with E-state index >= 15 is 0 Å². The molecule has 0 aliphatic heterocycles. The minimum absolute atomic E-state index is 0.252. The van der Waals surface area contributed by atoms with Gasteiger partial charge in [-0.25, -0.2) is 4.98 Å². The van der Waals surface area contributed by atoms with Crippen molar-refractivity contribution in [3.8, 4) is 22.4 Å². The second kappa shape index (κ2) is 8.88. The van der Waals surface area contributed by atoms with Gasteiger partial charge in [-0.15, -0.1) is 0 Å².